The zero-order chi connectivity index (χ0) is 23.5. The summed E-state index contributed by atoms with van der Waals surface area (Å²) < 4.78 is 5.53. The Labute approximate surface area is 200 Å². The molecule has 1 aromatic heterocycles. The first-order chi connectivity index (χ1) is 16.7. The molecule has 2 saturated heterocycles. The molecule has 3 heterocycles. The standard InChI is InChI=1S/C28H31N3O3/c1-34-26-9-3-2-8-23(26)20-10-12-21(13-11-20)27-24-18-30(28(33)22-7-6-14-29-17-22)15-4-5-16-31(24)25(27)19-32/h2-3,6-14,17,24-25,27,32H,4-5,15-16,18-19H2,1H3/t24-,25+,27-/m0/s1. The van der Waals surface area contributed by atoms with Crippen LogP contribution in [0.25, 0.3) is 11.1 Å². The summed E-state index contributed by atoms with van der Waals surface area (Å²) in [4.78, 5) is 21.7. The molecule has 0 radical (unpaired) electrons. The van der Waals surface area contributed by atoms with E-state index in [-0.39, 0.29) is 30.5 Å². The van der Waals surface area contributed by atoms with Crippen LogP contribution in [0, 0.1) is 0 Å². The molecule has 2 fully saturated rings. The quantitative estimate of drug-likeness (QED) is 0.631. The first kappa shape index (κ1) is 22.6. The van der Waals surface area contributed by atoms with Gasteiger partial charge in [0.15, 0.2) is 0 Å². The van der Waals surface area contributed by atoms with Crippen LogP contribution in [0.5, 0.6) is 5.75 Å². The van der Waals surface area contributed by atoms with Crippen LogP contribution in [-0.4, -0.2) is 71.2 Å². The Kier molecular flexibility index (Phi) is 6.61. The Morgan fingerprint density at radius 3 is 2.59 bits per heavy atom. The van der Waals surface area contributed by atoms with Gasteiger partial charge in [-0.1, -0.05) is 42.5 Å². The normalized spacial score (nSPS) is 22.8. The van der Waals surface area contributed by atoms with E-state index in [0.29, 0.717) is 12.1 Å². The number of rotatable bonds is 5. The van der Waals surface area contributed by atoms with Gasteiger partial charge in [0.2, 0.25) is 0 Å². The summed E-state index contributed by atoms with van der Waals surface area (Å²) in [7, 11) is 1.69. The number of aliphatic hydroxyl groups excluding tert-OH is 1. The van der Waals surface area contributed by atoms with Crippen molar-refractivity contribution >= 4 is 5.91 Å². The van der Waals surface area contributed by atoms with Gasteiger partial charge in [0.25, 0.3) is 5.91 Å². The summed E-state index contributed by atoms with van der Waals surface area (Å²) in [6, 6.07) is 20.5. The number of aliphatic hydroxyl groups is 1. The van der Waals surface area contributed by atoms with Crippen LogP contribution < -0.4 is 4.74 Å². The summed E-state index contributed by atoms with van der Waals surface area (Å²) in [5.41, 5.74) is 3.99. The molecule has 2 aromatic carbocycles. The largest absolute Gasteiger partial charge is 0.496 e. The van der Waals surface area contributed by atoms with E-state index in [4.69, 9.17) is 4.74 Å². The molecule has 5 rings (SSSR count). The Morgan fingerprint density at radius 2 is 1.85 bits per heavy atom. The maximum absolute atomic E-state index is 13.2. The van der Waals surface area contributed by atoms with E-state index < -0.39 is 0 Å². The molecule has 2 aliphatic rings. The third-order valence-electron chi connectivity index (χ3n) is 7.28. The van der Waals surface area contributed by atoms with Crippen LogP contribution in [0.15, 0.2) is 73.1 Å². The van der Waals surface area contributed by atoms with Gasteiger partial charge in [0.05, 0.1) is 19.3 Å². The predicted molar refractivity (Wildman–Crippen MR) is 132 cm³/mol. The molecule has 2 aliphatic heterocycles. The number of ether oxygens (including phenoxy) is 1. The lowest BCUT2D eigenvalue weighted by Crippen LogP contribution is -2.67. The minimum Gasteiger partial charge on any atom is -0.496 e. The summed E-state index contributed by atoms with van der Waals surface area (Å²) in [5.74, 6) is 1.06. The van der Waals surface area contributed by atoms with E-state index in [2.05, 4.69) is 40.2 Å². The van der Waals surface area contributed by atoms with Crippen molar-refractivity contribution in [2.45, 2.75) is 30.8 Å². The van der Waals surface area contributed by atoms with E-state index in [0.717, 1.165) is 42.8 Å². The Morgan fingerprint density at radius 1 is 1.06 bits per heavy atom. The molecule has 0 unspecified atom stereocenters. The van der Waals surface area contributed by atoms with Crippen molar-refractivity contribution in [2.75, 3.05) is 33.4 Å². The van der Waals surface area contributed by atoms with Gasteiger partial charge in [-0.15, -0.1) is 0 Å². The van der Waals surface area contributed by atoms with Crippen molar-refractivity contribution in [1.82, 2.24) is 14.8 Å². The highest BCUT2D eigenvalue weighted by Gasteiger charge is 2.49. The average Bonchev–Trinajstić information content (AvgIpc) is 2.88. The van der Waals surface area contributed by atoms with Crippen molar-refractivity contribution in [3.05, 3.63) is 84.2 Å². The van der Waals surface area contributed by atoms with Crippen LogP contribution in [0.3, 0.4) is 0 Å². The number of amides is 1. The first-order valence-corrected chi connectivity index (χ1v) is 12.0. The van der Waals surface area contributed by atoms with Crippen LogP contribution >= 0.6 is 0 Å². The van der Waals surface area contributed by atoms with Crippen LogP contribution in [-0.2, 0) is 0 Å². The molecule has 3 atom stereocenters. The van der Waals surface area contributed by atoms with Crippen molar-refractivity contribution in [1.29, 1.82) is 0 Å². The summed E-state index contributed by atoms with van der Waals surface area (Å²) >= 11 is 0. The van der Waals surface area contributed by atoms with E-state index >= 15 is 0 Å². The Balaban J connectivity index is 1.40. The number of hydrogen-bond donors (Lipinski definition) is 1. The number of carbonyl (C=O) groups is 1. The van der Waals surface area contributed by atoms with E-state index in [1.807, 2.05) is 29.2 Å². The smallest absolute Gasteiger partial charge is 0.255 e. The van der Waals surface area contributed by atoms with Crippen LogP contribution in [0.1, 0.15) is 34.7 Å². The fraction of sp³-hybridized carbons (Fsp3) is 0.357. The minimum absolute atomic E-state index is 0.0349. The average molecular weight is 458 g/mol. The maximum Gasteiger partial charge on any atom is 0.255 e. The van der Waals surface area contributed by atoms with Gasteiger partial charge in [-0.2, -0.15) is 0 Å². The van der Waals surface area contributed by atoms with Crippen molar-refractivity contribution in [3.63, 3.8) is 0 Å². The van der Waals surface area contributed by atoms with Crippen molar-refractivity contribution in [2.24, 2.45) is 0 Å². The molecular formula is C28H31N3O3. The number of hydrogen-bond acceptors (Lipinski definition) is 5. The third-order valence-corrected chi connectivity index (χ3v) is 7.28. The molecule has 176 valence electrons. The van der Waals surface area contributed by atoms with E-state index in [1.165, 1.54) is 5.56 Å². The maximum atomic E-state index is 13.2. The van der Waals surface area contributed by atoms with Gasteiger partial charge in [-0.3, -0.25) is 14.7 Å². The Hall–Kier alpha value is -3.22. The van der Waals surface area contributed by atoms with Crippen molar-refractivity contribution in [3.8, 4) is 16.9 Å². The zero-order valence-electron chi connectivity index (χ0n) is 19.5. The molecule has 1 N–H and O–H groups in total. The molecule has 3 aromatic rings. The van der Waals surface area contributed by atoms with Gasteiger partial charge in [-0.05, 0) is 48.7 Å². The molecule has 6 heteroatoms. The lowest BCUT2D eigenvalue weighted by molar-refractivity contribution is -0.0606. The molecule has 0 aliphatic carbocycles. The number of para-hydroxylation sites is 1. The number of fused-ring (bicyclic) bond motifs is 1. The molecule has 0 spiro atoms. The van der Waals surface area contributed by atoms with Crippen molar-refractivity contribution < 1.29 is 14.6 Å². The third kappa shape index (κ3) is 4.19. The molecule has 0 saturated carbocycles. The number of carbonyl (C=O) groups excluding carboxylic acids is 1. The number of methoxy groups -OCH3 is 1. The highest BCUT2D eigenvalue weighted by Crippen LogP contribution is 2.42. The van der Waals surface area contributed by atoms with Gasteiger partial charge in [0.1, 0.15) is 5.75 Å². The highest BCUT2D eigenvalue weighted by atomic mass is 16.5. The van der Waals surface area contributed by atoms with E-state index in [9.17, 15) is 9.90 Å². The van der Waals surface area contributed by atoms with Gasteiger partial charge in [0, 0.05) is 49.0 Å². The second-order valence-corrected chi connectivity index (χ2v) is 9.10. The van der Waals surface area contributed by atoms with E-state index in [1.54, 1.807) is 25.6 Å². The van der Waals surface area contributed by atoms with Gasteiger partial charge in [-0.25, -0.2) is 0 Å². The van der Waals surface area contributed by atoms with Gasteiger partial charge < -0.3 is 14.7 Å². The lowest BCUT2D eigenvalue weighted by Gasteiger charge is -2.57. The Bertz CT molecular complexity index is 1120. The number of nitrogens with zero attached hydrogens (tertiary/aromatic N) is 3. The number of aromatic nitrogens is 1. The predicted octanol–water partition coefficient (Wildman–Crippen LogP) is 3.82. The van der Waals surface area contributed by atoms with Gasteiger partial charge >= 0.3 is 0 Å². The molecule has 6 nitrogen and oxygen atoms in total. The zero-order valence-corrected chi connectivity index (χ0v) is 19.5. The fourth-order valence-electron chi connectivity index (χ4n) is 5.56. The highest BCUT2D eigenvalue weighted by molar-refractivity contribution is 5.93. The molecular weight excluding hydrogens is 426 g/mol. The summed E-state index contributed by atoms with van der Waals surface area (Å²) in [6.45, 7) is 2.48. The fourth-order valence-corrected chi connectivity index (χ4v) is 5.56. The summed E-state index contributed by atoms with van der Waals surface area (Å²) in [5, 5.41) is 10.2. The number of benzene rings is 2. The van der Waals surface area contributed by atoms with Crippen LogP contribution in [0.4, 0.5) is 0 Å². The molecule has 0 bridgehead atoms. The lowest BCUT2D eigenvalue weighted by atomic mass is 9.74. The molecule has 34 heavy (non-hydrogen) atoms. The molecule has 1 amide bonds. The first-order valence-electron chi connectivity index (χ1n) is 12.0. The number of pyridine rings is 1. The second-order valence-electron chi connectivity index (χ2n) is 9.10. The SMILES string of the molecule is COc1ccccc1-c1ccc([C@@H]2[C@@H](CO)N3CCCCN(C(=O)c4cccnc4)C[C@@H]23)cc1. The van der Waals surface area contributed by atoms with Crippen LogP contribution in [0.2, 0.25) is 0 Å². The topological polar surface area (TPSA) is 65.9 Å². The summed E-state index contributed by atoms with van der Waals surface area (Å²) in [6.07, 6.45) is 5.31. The second kappa shape index (κ2) is 9.95. The monoisotopic (exact) mass is 457 g/mol. The minimum atomic E-state index is 0.0349.